The molecule has 0 radical (unpaired) electrons. The molecule has 5 N–H and O–H groups in total. The number of thiol groups is 1. The molecule has 0 saturated carbocycles. The zero-order valence-electron chi connectivity index (χ0n) is 21.4. The Morgan fingerprint density at radius 1 is 0.750 bits per heavy atom. The Morgan fingerprint density at radius 2 is 1.38 bits per heavy atom. The topological polar surface area (TPSA) is 149 Å². The third kappa shape index (κ3) is 7.29. The molecule has 1 aromatic heterocycles. The normalized spacial score (nSPS) is 13.2. The summed E-state index contributed by atoms with van der Waals surface area (Å²) in [4.78, 5) is 52.3. The van der Waals surface area contributed by atoms with Gasteiger partial charge >= 0.3 is 11.9 Å². The monoisotopic (exact) mass is 559 g/mol. The van der Waals surface area contributed by atoms with E-state index >= 15 is 0 Å². The van der Waals surface area contributed by atoms with Crippen LogP contribution in [-0.4, -0.2) is 56.3 Å². The second kappa shape index (κ2) is 13.0. The van der Waals surface area contributed by atoms with Gasteiger partial charge in [0.25, 0.3) is 0 Å². The van der Waals surface area contributed by atoms with Crippen LogP contribution in [0.5, 0.6) is 0 Å². The Bertz CT molecular complexity index is 1500. The van der Waals surface area contributed by atoms with Crippen LogP contribution in [0.4, 0.5) is 0 Å². The average molecular weight is 560 g/mol. The fraction of sp³-hybridized carbons (Fsp3) is 0.200. The number of aromatic amines is 1. The molecule has 40 heavy (non-hydrogen) atoms. The lowest BCUT2D eigenvalue weighted by Crippen LogP contribution is -2.54. The first kappa shape index (κ1) is 28.4. The number of carbonyl (C=O) groups is 4. The summed E-state index contributed by atoms with van der Waals surface area (Å²) in [5.74, 6) is -4.16. The molecule has 0 fully saturated rings. The van der Waals surface area contributed by atoms with E-state index in [1.165, 1.54) is 0 Å². The fourth-order valence-electron chi connectivity index (χ4n) is 4.42. The van der Waals surface area contributed by atoms with Gasteiger partial charge in [-0.3, -0.25) is 14.4 Å². The van der Waals surface area contributed by atoms with Gasteiger partial charge in [-0.25, -0.2) is 4.79 Å². The molecular weight excluding hydrogens is 530 g/mol. The summed E-state index contributed by atoms with van der Waals surface area (Å²) in [7, 11) is 0. The van der Waals surface area contributed by atoms with Gasteiger partial charge in [-0.1, -0.05) is 72.8 Å². The number of aliphatic carboxylic acids is 2. The molecule has 3 unspecified atom stereocenters. The van der Waals surface area contributed by atoms with Crippen molar-refractivity contribution in [2.75, 3.05) is 0 Å². The fourth-order valence-corrected chi connectivity index (χ4v) is 4.71. The Kier molecular flexibility index (Phi) is 9.23. The molecule has 10 heteroatoms. The van der Waals surface area contributed by atoms with Gasteiger partial charge in [-0.05, 0) is 34.7 Å². The van der Waals surface area contributed by atoms with Crippen molar-refractivity contribution in [3.8, 4) is 11.1 Å². The van der Waals surface area contributed by atoms with Crippen molar-refractivity contribution in [2.45, 2.75) is 36.6 Å². The van der Waals surface area contributed by atoms with Crippen molar-refractivity contribution in [1.29, 1.82) is 0 Å². The number of hydrogen-bond donors (Lipinski definition) is 6. The van der Waals surface area contributed by atoms with Crippen LogP contribution < -0.4 is 10.6 Å². The van der Waals surface area contributed by atoms with E-state index in [4.69, 9.17) is 0 Å². The molecule has 0 spiro atoms. The maximum absolute atomic E-state index is 13.0. The van der Waals surface area contributed by atoms with Crippen LogP contribution in [0.3, 0.4) is 0 Å². The Morgan fingerprint density at radius 3 is 2.05 bits per heavy atom. The zero-order chi connectivity index (χ0) is 28.6. The lowest BCUT2D eigenvalue weighted by molar-refractivity contribution is -0.143. The summed E-state index contributed by atoms with van der Waals surface area (Å²) < 4.78 is 0. The Balaban J connectivity index is 1.40. The van der Waals surface area contributed by atoms with Gasteiger partial charge in [0.05, 0.1) is 11.7 Å². The minimum absolute atomic E-state index is 0.0347. The van der Waals surface area contributed by atoms with E-state index in [2.05, 4.69) is 28.2 Å². The number of carboxylic acid groups (broad SMARTS) is 2. The number of carbonyl (C=O) groups excluding carboxylic acids is 2. The van der Waals surface area contributed by atoms with Crippen molar-refractivity contribution >= 4 is 47.3 Å². The number of nitrogens with one attached hydrogen (secondary N) is 3. The molecule has 0 saturated heterocycles. The van der Waals surface area contributed by atoms with Crippen LogP contribution in [0.2, 0.25) is 0 Å². The molecule has 0 bridgehead atoms. The minimum atomic E-state index is -1.48. The number of amides is 2. The maximum atomic E-state index is 13.0. The van der Waals surface area contributed by atoms with Crippen molar-refractivity contribution < 1.29 is 29.4 Å². The van der Waals surface area contributed by atoms with Gasteiger partial charge in [0.15, 0.2) is 0 Å². The first-order chi connectivity index (χ1) is 19.2. The van der Waals surface area contributed by atoms with Crippen LogP contribution in [-0.2, 0) is 32.0 Å². The van der Waals surface area contributed by atoms with E-state index < -0.39 is 47.5 Å². The predicted octanol–water partition coefficient (Wildman–Crippen LogP) is 3.45. The second-order valence-corrected chi connectivity index (χ2v) is 10.0. The summed E-state index contributed by atoms with van der Waals surface area (Å²) in [5, 5.41) is 23.8. The highest BCUT2D eigenvalue weighted by molar-refractivity contribution is 7.81. The van der Waals surface area contributed by atoms with E-state index in [1.807, 2.05) is 78.9 Å². The quantitative estimate of drug-likeness (QED) is 0.147. The van der Waals surface area contributed by atoms with Gasteiger partial charge in [-0.2, -0.15) is 12.6 Å². The number of H-pyrrole nitrogens is 1. The van der Waals surface area contributed by atoms with E-state index in [1.54, 1.807) is 6.20 Å². The highest BCUT2D eigenvalue weighted by atomic mass is 32.1. The number of carboxylic acids is 2. The first-order valence-electron chi connectivity index (χ1n) is 12.6. The highest BCUT2D eigenvalue weighted by Gasteiger charge is 2.30. The lowest BCUT2D eigenvalue weighted by atomic mass is 10.0. The summed E-state index contributed by atoms with van der Waals surface area (Å²) in [6.45, 7) is 0. The smallest absolute Gasteiger partial charge is 0.326 e. The average Bonchev–Trinajstić information content (AvgIpc) is 3.35. The SMILES string of the molecule is O=C(O)CC(NC(=O)C(S)Cc1ccc(-c2ccccc2)cc1)C(=O)NC(Cc1c[nH]c2ccccc12)C(=O)O. The van der Waals surface area contributed by atoms with Gasteiger partial charge in [-0.15, -0.1) is 0 Å². The molecule has 3 aromatic carbocycles. The Labute approximate surface area is 236 Å². The molecule has 2 amide bonds. The van der Waals surface area contributed by atoms with Gasteiger partial charge < -0.3 is 25.8 Å². The summed E-state index contributed by atoms with van der Waals surface area (Å²) in [6, 6.07) is 22.0. The zero-order valence-corrected chi connectivity index (χ0v) is 22.3. The molecular formula is C30H29N3O6S. The maximum Gasteiger partial charge on any atom is 0.326 e. The van der Waals surface area contributed by atoms with Crippen LogP contribution in [0.15, 0.2) is 85.1 Å². The van der Waals surface area contributed by atoms with E-state index in [9.17, 15) is 29.4 Å². The summed E-state index contributed by atoms with van der Waals surface area (Å²) in [5.41, 5.74) is 4.40. The van der Waals surface area contributed by atoms with Crippen LogP contribution >= 0.6 is 12.6 Å². The van der Waals surface area contributed by atoms with Crippen LogP contribution in [0.25, 0.3) is 22.0 Å². The number of aromatic nitrogens is 1. The predicted molar refractivity (Wildman–Crippen MR) is 154 cm³/mol. The van der Waals surface area contributed by atoms with Crippen molar-refractivity contribution in [1.82, 2.24) is 15.6 Å². The van der Waals surface area contributed by atoms with E-state index in [0.29, 0.717) is 5.56 Å². The van der Waals surface area contributed by atoms with Gasteiger partial charge in [0.2, 0.25) is 11.8 Å². The van der Waals surface area contributed by atoms with Crippen molar-refractivity contribution in [3.63, 3.8) is 0 Å². The van der Waals surface area contributed by atoms with E-state index in [-0.39, 0.29) is 12.8 Å². The molecule has 4 rings (SSSR count). The number of benzene rings is 3. The molecule has 0 aliphatic carbocycles. The number of rotatable bonds is 12. The molecule has 4 aromatic rings. The van der Waals surface area contributed by atoms with Crippen LogP contribution in [0.1, 0.15) is 17.5 Å². The third-order valence-electron chi connectivity index (χ3n) is 6.52. The third-order valence-corrected chi connectivity index (χ3v) is 6.94. The largest absolute Gasteiger partial charge is 0.481 e. The summed E-state index contributed by atoms with van der Waals surface area (Å²) >= 11 is 4.37. The molecule has 0 aliphatic rings. The van der Waals surface area contributed by atoms with E-state index in [0.717, 1.165) is 27.6 Å². The molecule has 9 nitrogen and oxygen atoms in total. The lowest BCUT2D eigenvalue weighted by Gasteiger charge is -2.22. The van der Waals surface area contributed by atoms with Crippen molar-refractivity contribution in [3.05, 3.63) is 96.2 Å². The molecule has 0 aliphatic heterocycles. The standard InChI is InChI=1S/C30H29N3O6S/c34-27(35)16-24(28(36)33-25(30(38)39)15-21-17-31-23-9-5-4-8-22(21)23)32-29(37)26(40)14-18-10-12-20(13-11-18)19-6-2-1-3-7-19/h1-13,17,24-26,31,40H,14-16H2,(H,32,37)(H,33,36)(H,34,35)(H,38,39). The minimum Gasteiger partial charge on any atom is -0.481 e. The van der Waals surface area contributed by atoms with Crippen molar-refractivity contribution in [2.24, 2.45) is 0 Å². The second-order valence-electron chi connectivity index (χ2n) is 9.40. The molecule has 1 heterocycles. The molecule has 206 valence electrons. The molecule has 3 atom stereocenters. The van der Waals surface area contributed by atoms with Gasteiger partial charge in [0.1, 0.15) is 12.1 Å². The highest BCUT2D eigenvalue weighted by Crippen LogP contribution is 2.21. The van der Waals surface area contributed by atoms with Crippen LogP contribution in [0, 0.1) is 0 Å². The Hall–Kier alpha value is -4.57. The number of para-hydroxylation sites is 1. The number of hydrogen-bond acceptors (Lipinski definition) is 5. The number of fused-ring (bicyclic) bond motifs is 1. The van der Waals surface area contributed by atoms with Gasteiger partial charge in [0, 0.05) is 23.5 Å². The summed E-state index contributed by atoms with van der Waals surface area (Å²) in [6.07, 6.45) is 1.15. The first-order valence-corrected chi connectivity index (χ1v) is 13.2.